The molecule has 1 saturated carbocycles. The van der Waals surface area contributed by atoms with Crippen molar-refractivity contribution in [1.82, 2.24) is 5.32 Å². The first-order valence-electron chi connectivity index (χ1n) is 7.12. The van der Waals surface area contributed by atoms with Crippen LogP contribution in [0, 0.1) is 0 Å². The number of benzene rings is 1. The predicted octanol–water partition coefficient (Wildman–Crippen LogP) is 4.05. The van der Waals surface area contributed by atoms with Crippen LogP contribution in [0.15, 0.2) is 42.5 Å². The van der Waals surface area contributed by atoms with Crippen molar-refractivity contribution in [3.05, 3.63) is 48.0 Å². The quantitative estimate of drug-likeness (QED) is 0.743. The molecule has 98 valence electrons. The Balaban J connectivity index is 2.26. The summed E-state index contributed by atoms with van der Waals surface area (Å²) in [7, 11) is 0. The van der Waals surface area contributed by atoms with Crippen LogP contribution in [-0.4, -0.2) is 12.6 Å². The molecular formula is C17H25N. The summed E-state index contributed by atoms with van der Waals surface area (Å²) in [4.78, 5) is 0. The van der Waals surface area contributed by atoms with E-state index in [1.165, 1.54) is 30.4 Å². The standard InChI is InChI=1S/C17H25N/c1-4-18-16(13-14(2)3)17(11-8-12-17)15-9-6-5-7-10-15/h5-7,9-10,16,18H,2,4,8,11-13H2,1,3H3. The zero-order valence-electron chi connectivity index (χ0n) is 11.7. The van der Waals surface area contributed by atoms with E-state index >= 15 is 0 Å². The van der Waals surface area contributed by atoms with E-state index in [1.54, 1.807) is 0 Å². The van der Waals surface area contributed by atoms with Gasteiger partial charge in [-0.3, -0.25) is 0 Å². The first-order chi connectivity index (χ1) is 8.69. The van der Waals surface area contributed by atoms with E-state index in [2.05, 4.69) is 56.1 Å². The minimum Gasteiger partial charge on any atom is -0.313 e. The van der Waals surface area contributed by atoms with Crippen molar-refractivity contribution >= 4 is 0 Å². The summed E-state index contributed by atoms with van der Waals surface area (Å²) < 4.78 is 0. The fourth-order valence-electron chi connectivity index (χ4n) is 3.22. The lowest BCUT2D eigenvalue weighted by Crippen LogP contribution is -2.52. The Kier molecular flexibility index (Phi) is 4.23. The van der Waals surface area contributed by atoms with Crippen molar-refractivity contribution in [2.24, 2.45) is 0 Å². The van der Waals surface area contributed by atoms with Gasteiger partial charge in [0.25, 0.3) is 0 Å². The molecule has 0 aromatic heterocycles. The predicted molar refractivity (Wildman–Crippen MR) is 78.9 cm³/mol. The third-order valence-electron chi connectivity index (χ3n) is 4.26. The van der Waals surface area contributed by atoms with Gasteiger partial charge in [0.05, 0.1) is 0 Å². The highest BCUT2D eigenvalue weighted by Crippen LogP contribution is 2.47. The summed E-state index contributed by atoms with van der Waals surface area (Å²) >= 11 is 0. The molecule has 0 aliphatic heterocycles. The highest BCUT2D eigenvalue weighted by molar-refractivity contribution is 5.31. The fourth-order valence-corrected chi connectivity index (χ4v) is 3.22. The van der Waals surface area contributed by atoms with Crippen LogP contribution < -0.4 is 5.32 Å². The van der Waals surface area contributed by atoms with E-state index in [0.29, 0.717) is 11.5 Å². The first kappa shape index (κ1) is 13.4. The second-order valence-corrected chi connectivity index (χ2v) is 5.65. The van der Waals surface area contributed by atoms with Crippen molar-refractivity contribution in [3.8, 4) is 0 Å². The van der Waals surface area contributed by atoms with Gasteiger partial charge in [0, 0.05) is 11.5 Å². The number of likely N-dealkylation sites (N-methyl/N-ethyl adjacent to an activating group) is 1. The average Bonchev–Trinajstić information content (AvgIpc) is 2.28. The van der Waals surface area contributed by atoms with Crippen molar-refractivity contribution < 1.29 is 0 Å². The minimum atomic E-state index is 0.343. The van der Waals surface area contributed by atoms with E-state index < -0.39 is 0 Å². The van der Waals surface area contributed by atoms with Crippen molar-refractivity contribution in [1.29, 1.82) is 0 Å². The molecule has 1 aliphatic carbocycles. The third kappa shape index (κ3) is 2.51. The van der Waals surface area contributed by atoms with Crippen LogP contribution in [-0.2, 0) is 5.41 Å². The highest BCUT2D eigenvalue weighted by Gasteiger charge is 2.44. The second-order valence-electron chi connectivity index (χ2n) is 5.65. The fraction of sp³-hybridized carbons (Fsp3) is 0.529. The summed E-state index contributed by atoms with van der Waals surface area (Å²) in [5.74, 6) is 0. The molecule has 1 atom stereocenters. The molecule has 1 unspecified atom stereocenters. The molecule has 1 aliphatic rings. The number of nitrogens with one attached hydrogen (secondary N) is 1. The molecular weight excluding hydrogens is 218 g/mol. The summed E-state index contributed by atoms with van der Waals surface area (Å²) in [5.41, 5.74) is 3.13. The SMILES string of the molecule is C=C(C)CC(NCC)C1(c2ccccc2)CCC1. The van der Waals surface area contributed by atoms with Crippen molar-refractivity contribution in [2.75, 3.05) is 6.54 Å². The summed E-state index contributed by atoms with van der Waals surface area (Å²) in [5, 5.41) is 3.69. The Hall–Kier alpha value is -1.08. The van der Waals surface area contributed by atoms with E-state index in [0.717, 1.165) is 13.0 Å². The van der Waals surface area contributed by atoms with Gasteiger partial charge in [0.15, 0.2) is 0 Å². The summed E-state index contributed by atoms with van der Waals surface area (Å²) in [6.07, 6.45) is 5.06. The number of rotatable bonds is 6. The molecule has 0 saturated heterocycles. The zero-order valence-corrected chi connectivity index (χ0v) is 11.7. The molecule has 0 radical (unpaired) electrons. The molecule has 1 aromatic rings. The van der Waals surface area contributed by atoms with Crippen LogP contribution >= 0.6 is 0 Å². The lowest BCUT2D eigenvalue weighted by Gasteiger charge is -2.49. The molecule has 18 heavy (non-hydrogen) atoms. The Bertz CT molecular complexity index is 389. The van der Waals surface area contributed by atoms with Gasteiger partial charge in [-0.25, -0.2) is 0 Å². The molecule has 1 aromatic carbocycles. The molecule has 0 amide bonds. The summed E-state index contributed by atoms with van der Waals surface area (Å²) in [6.45, 7) is 9.47. The Labute approximate surface area is 111 Å². The Morgan fingerprint density at radius 2 is 2.00 bits per heavy atom. The topological polar surface area (TPSA) is 12.0 Å². The normalized spacial score (nSPS) is 19.0. The van der Waals surface area contributed by atoms with E-state index in [1.807, 2.05) is 0 Å². The smallest absolute Gasteiger partial charge is 0.0201 e. The first-order valence-corrected chi connectivity index (χ1v) is 7.12. The van der Waals surface area contributed by atoms with Gasteiger partial charge in [-0.1, -0.05) is 49.2 Å². The molecule has 0 heterocycles. The van der Waals surface area contributed by atoms with Crippen LogP contribution in [0.5, 0.6) is 0 Å². The molecule has 2 rings (SSSR count). The molecule has 0 bridgehead atoms. The highest BCUT2D eigenvalue weighted by atomic mass is 14.9. The Morgan fingerprint density at radius 3 is 2.44 bits per heavy atom. The summed E-state index contributed by atoms with van der Waals surface area (Å²) in [6, 6.07) is 11.6. The van der Waals surface area contributed by atoms with E-state index in [-0.39, 0.29) is 0 Å². The van der Waals surface area contributed by atoms with Gasteiger partial charge >= 0.3 is 0 Å². The third-order valence-corrected chi connectivity index (χ3v) is 4.26. The minimum absolute atomic E-state index is 0.343. The van der Waals surface area contributed by atoms with Gasteiger partial charge in [0.1, 0.15) is 0 Å². The van der Waals surface area contributed by atoms with Crippen LogP contribution in [0.25, 0.3) is 0 Å². The van der Waals surface area contributed by atoms with Crippen LogP contribution in [0.4, 0.5) is 0 Å². The largest absolute Gasteiger partial charge is 0.313 e. The zero-order chi connectivity index (χ0) is 13.0. The molecule has 1 nitrogen and oxygen atoms in total. The molecule has 0 spiro atoms. The maximum absolute atomic E-state index is 4.10. The Morgan fingerprint density at radius 1 is 1.33 bits per heavy atom. The number of hydrogen-bond donors (Lipinski definition) is 1. The lowest BCUT2D eigenvalue weighted by molar-refractivity contribution is 0.169. The molecule has 1 heteroatoms. The van der Waals surface area contributed by atoms with E-state index in [9.17, 15) is 0 Å². The molecule has 1 N–H and O–H groups in total. The van der Waals surface area contributed by atoms with Gasteiger partial charge < -0.3 is 5.32 Å². The van der Waals surface area contributed by atoms with Crippen molar-refractivity contribution in [2.45, 2.75) is 51.0 Å². The van der Waals surface area contributed by atoms with E-state index in [4.69, 9.17) is 0 Å². The van der Waals surface area contributed by atoms with Crippen LogP contribution in [0.2, 0.25) is 0 Å². The average molecular weight is 243 g/mol. The number of hydrogen-bond acceptors (Lipinski definition) is 1. The van der Waals surface area contributed by atoms with Gasteiger partial charge in [-0.05, 0) is 38.3 Å². The van der Waals surface area contributed by atoms with Gasteiger partial charge in [0.2, 0.25) is 0 Å². The van der Waals surface area contributed by atoms with Crippen molar-refractivity contribution in [3.63, 3.8) is 0 Å². The lowest BCUT2D eigenvalue weighted by atomic mass is 9.59. The van der Waals surface area contributed by atoms with Gasteiger partial charge in [-0.15, -0.1) is 6.58 Å². The second kappa shape index (κ2) is 5.71. The maximum atomic E-state index is 4.10. The van der Waals surface area contributed by atoms with Crippen LogP contribution in [0.3, 0.4) is 0 Å². The molecule has 1 fully saturated rings. The maximum Gasteiger partial charge on any atom is 0.0201 e. The van der Waals surface area contributed by atoms with Crippen LogP contribution in [0.1, 0.15) is 45.1 Å². The monoisotopic (exact) mass is 243 g/mol. The van der Waals surface area contributed by atoms with Gasteiger partial charge in [-0.2, -0.15) is 0 Å².